The Kier molecular flexibility index (Phi) is 9.85. The summed E-state index contributed by atoms with van der Waals surface area (Å²) in [5, 5.41) is 0. The van der Waals surface area contributed by atoms with E-state index >= 15 is 0 Å². The van der Waals surface area contributed by atoms with E-state index in [1.54, 1.807) is 5.57 Å². The normalized spacial score (nSPS) is 19.3. The average Bonchev–Trinajstić information content (AvgIpc) is 2.91. The molecule has 1 aliphatic carbocycles. The Morgan fingerprint density at radius 1 is 1.11 bits per heavy atom. The maximum atomic E-state index is 2.48. The van der Waals surface area contributed by atoms with Gasteiger partial charge in [0.05, 0.1) is 0 Å². The zero-order valence-electron chi connectivity index (χ0n) is 13.3. The van der Waals surface area contributed by atoms with Crippen LogP contribution in [0.1, 0.15) is 90.9 Å². The molecule has 1 unspecified atom stereocenters. The SMILES string of the molecule is CCCCC/C(C)=C/CCCCCCC1C=CCC1. The number of rotatable bonds is 11. The molecule has 0 aliphatic heterocycles. The fourth-order valence-electron chi connectivity index (χ4n) is 2.94. The van der Waals surface area contributed by atoms with Crippen molar-refractivity contribution in [1.82, 2.24) is 0 Å². The van der Waals surface area contributed by atoms with E-state index in [1.807, 2.05) is 0 Å². The molecule has 0 heterocycles. The van der Waals surface area contributed by atoms with Gasteiger partial charge in [0.2, 0.25) is 0 Å². The van der Waals surface area contributed by atoms with Gasteiger partial charge in [-0.05, 0) is 57.8 Å². The smallest absolute Gasteiger partial charge is 0.0231 e. The van der Waals surface area contributed by atoms with E-state index in [2.05, 4.69) is 32.1 Å². The lowest BCUT2D eigenvalue weighted by molar-refractivity contribution is 0.519. The Labute approximate surface area is 121 Å². The van der Waals surface area contributed by atoms with Crippen LogP contribution in [-0.2, 0) is 0 Å². The monoisotopic (exact) mass is 262 g/mol. The first-order valence-corrected chi connectivity index (χ1v) is 8.65. The second-order valence-corrected chi connectivity index (χ2v) is 6.26. The summed E-state index contributed by atoms with van der Waals surface area (Å²) in [5.41, 5.74) is 1.62. The highest BCUT2D eigenvalue weighted by atomic mass is 14.1. The predicted octanol–water partition coefficient (Wildman–Crippen LogP) is 6.82. The molecule has 0 nitrogen and oxygen atoms in total. The first kappa shape index (κ1) is 16.5. The topological polar surface area (TPSA) is 0 Å². The van der Waals surface area contributed by atoms with Crippen molar-refractivity contribution in [2.45, 2.75) is 90.9 Å². The van der Waals surface area contributed by atoms with Gasteiger partial charge in [0.15, 0.2) is 0 Å². The molecule has 0 heteroatoms. The van der Waals surface area contributed by atoms with Crippen LogP contribution in [0.4, 0.5) is 0 Å². The van der Waals surface area contributed by atoms with Gasteiger partial charge in [-0.1, -0.05) is 62.8 Å². The zero-order chi connectivity index (χ0) is 13.8. The summed E-state index contributed by atoms with van der Waals surface area (Å²) in [6.07, 6.45) is 23.9. The molecule has 110 valence electrons. The van der Waals surface area contributed by atoms with Crippen molar-refractivity contribution in [1.29, 1.82) is 0 Å². The molecule has 0 spiro atoms. The second kappa shape index (κ2) is 11.3. The number of allylic oxidation sites excluding steroid dienone is 4. The van der Waals surface area contributed by atoms with Gasteiger partial charge in [0, 0.05) is 0 Å². The van der Waals surface area contributed by atoms with Crippen molar-refractivity contribution in [3.63, 3.8) is 0 Å². The highest BCUT2D eigenvalue weighted by molar-refractivity contribution is 4.97. The van der Waals surface area contributed by atoms with E-state index in [0.717, 1.165) is 5.92 Å². The Morgan fingerprint density at radius 3 is 2.68 bits per heavy atom. The van der Waals surface area contributed by atoms with E-state index in [-0.39, 0.29) is 0 Å². The van der Waals surface area contributed by atoms with E-state index < -0.39 is 0 Å². The highest BCUT2D eigenvalue weighted by Crippen LogP contribution is 2.23. The van der Waals surface area contributed by atoms with Gasteiger partial charge >= 0.3 is 0 Å². The fraction of sp³-hybridized carbons (Fsp3) is 0.789. The lowest BCUT2D eigenvalue weighted by atomic mass is 10.00. The summed E-state index contributed by atoms with van der Waals surface area (Å²) in [5.74, 6) is 0.917. The molecule has 1 aliphatic rings. The predicted molar refractivity (Wildman–Crippen MR) is 87.5 cm³/mol. The maximum Gasteiger partial charge on any atom is -0.0231 e. The summed E-state index contributed by atoms with van der Waals surface area (Å²) in [4.78, 5) is 0. The molecule has 0 N–H and O–H groups in total. The quantitative estimate of drug-likeness (QED) is 0.283. The molecular weight excluding hydrogens is 228 g/mol. The molecule has 0 amide bonds. The van der Waals surface area contributed by atoms with Crippen molar-refractivity contribution < 1.29 is 0 Å². The van der Waals surface area contributed by atoms with Crippen molar-refractivity contribution >= 4 is 0 Å². The van der Waals surface area contributed by atoms with Crippen molar-refractivity contribution in [2.24, 2.45) is 5.92 Å². The minimum Gasteiger partial charge on any atom is -0.0882 e. The Hall–Kier alpha value is -0.520. The average molecular weight is 262 g/mol. The Bertz CT molecular complexity index is 259. The molecule has 0 fully saturated rings. The van der Waals surface area contributed by atoms with Gasteiger partial charge in [-0.25, -0.2) is 0 Å². The van der Waals surface area contributed by atoms with Crippen LogP contribution in [-0.4, -0.2) is 0 Å². The standard InChI is InChI=1S/C19H34/c1-3-4-8-13-18(2)14-9-6-5-7-10-15-19-16-11-12-17-19/h11,14,16,19H,3-10,12-13,15,17H2,1-2H3/b18-14+. The molecule has 0 aromatic carbocycles. The zero-order valence-corrected chi connectivity index (χ0v) is 13.3. The van der Waals surface area contributed by atoms with E-state index in [1.165, 1.54) is 77.0 Å². The lowest BCUT2D eigenvalue weighted by Crippen LogP contribution is -1.91. The van der Waals surface area contributed by atoms with Crippen LogP contribution < -0.4 is 0 Å². The Balaban J connectivity index is 1.86. The summed E-state index contributed by atoms with van der Waals surface area (Å²) < 4.78 is 0. The fourth-order valence-corrected chi connectivity index (χ4v) is 2.94. The number of hydrogen-bond donors (Lipinski definition) is 0. The third kappa shape index (κ3) is 9.08. The molecular formula is C19H34. The van der Waals surface area contributed by atoms with Crippen LogP contribution in [0, 0.1) is 5.92 Å². The van der Waals surface area contributed by atoms with Gasteiger partial charge < -0.3 is 0 Å². The minimum atomic E-state index is 0.917. The van der Waals surface area contributed by atoms with Gasteiger partial charge in [-0.2, -0.15) is 0 Å². The van der Waals surface area contributed by atoms with Crippen LogP contribution in [0.25, 0.3) is 0 Å². The first-order chi connectivity index (χ1) is 9.33. The minimum absolute atomic E-state index is 0.917. The second-order valence-electron chi connectivity index (χ2n) is 6.26. The van der Waals surface area contributed by atoms with Crippen LogP contribution in [0.2, 0.25) is 0 Å². The third-order valence-electron chi connectivity index (χ3n) is 4.31. The van der Waals surface area contributed by atoms with Gasteiger partial charge in [0.1, 0.15) is 0 Å². The van der Waals surface area contributed by atoms with Gasteiger partial charge in [-0.3, -0.25) is 0 Å². The largest absolute Gasteiger partial charge is 0.0882 e. The van der Waals surface area contributed by atoms with Gasteiger partial charge in [0.25, 0.3) is 0 Å². The Morgan fingerprint density at radius 2 is 1.95 bits per heavy atom. The lowest BCUT2D eigenvalue weighted by Gasteiger charge is -2.06. The molecule has 1 atom stereocenters. The van der Waals surface area contributed by atoms with Crippen LogP contribution in [0.3, 0.4) is 0 Å². The molecule has 0 aromatic rings. The van der Waals surface area contributed by atoms with Crippen LogP contribution >= 0.6 is 0 Å². The number of hydrogen-bond acceptors (Lipinski definition) is 0. The number of unbranched alkanes of at least 4 members (excludes halogenated alkanes) is 6. The molecule has 0 bridgehead atoms. The molecule has 19 heavy (non-hydrogen) atoms. The molecule has 0 aromatic heterocycles. The van der Waals surface area contributed by atoms with Crippen molar-refractivity contribution in [2.75, 3.05) is 0 Å². The van der Waals surface area contributed by atoms with E-state index in [0.29, 0.717) is 0 Å². The van der Waals surface area contributed by atoms with Gasteiger partial charge in [-0.15, -0.1) is 0 Å². The molecule has 0 radical (unpaired) electrons. The van der Waals surface area contributed by atoms with Crippen LogP contribution in [0.5, 0.6) is 0 Å². The summed E-state index contributed by atoms with van der Waals surface area (Å²) in [6, 6.07) is 0. The first-order valence-electron chi connectivity index (χ1n) is 8.65. The summed E-state index contributed by atoms with van der Waals surface area (Å²) in [7, 11) is 0. The summed E-state index contributed by atoms with van der Waals surface area (Å²) >= 11 is 0. The third-order valence-corrected chi connectivity index (χ3v) is 4.31. The van der Waals surface area contributed by atoms with Crippen molar-refractivity contribution in [3.05, 3.63) is 23.8 Å². The van der Waals surface area contributed by atoms with Crippen LogP contribution in [0.15, 0.2) is 23.8 Å². The molecule has 0 saturated carbocycles. The van der Waals surface area contributed by atoms with E-state index in [9.17, 15) is 0 Å². The van der Waals surface area contributed by atoms with Crippen molar-refractivity contribution in [3.8, 4) is 0 Å². The maximum absolute atomic E-state index is 2.48. The van der Waals surface area contributed by atoms with E-state index in [4.69, 9.17) is 0 Å². The highest BCUT2D eigenvalue weighted by Gasteiger charge is 2.07. The molecule has 0 saturated heterocycles. The molecule has 1 rings (SSSR count). The summed E-state index contributed by atoms with van der Waals surface area (Å²) in [6.45, 7) is 4.59.